The molecular formula is C22H32N4O3S2. The third-order valence-electron chi connectivity index (χ3n) is 5.62. The summed E-state index contributed by atoms with van der Waals surface area (Å²) in [5, 5.41) is 3.89. The first-order chi connectivity index (χ1) is 14.8. The van der Waals surface area contributed by atoms with Crippen LogP contribution in [0.4, 0.5) is 11.4 Å². The number of piperidine rings is 1. The van der Waals surface area contributed by atoms with Gasteiger partial charge >= 0.3 is 0 Å². The van der Waals surface area contributed by atoms with Gasteiger partial charge in [0.05, 0.1) is 27.0 Å². The van der Waals surface area contributed by atoms with Crippen molar-refractivity contribution < 1.29 is 13.2 Å². The maximum Gasteiger partial charge on any atom is 0.267 e. The molecule has 2 heterocycles. The summed E-state index contributed by atoms with van der Waals surface area (Å²) in [7, 11) is -3.60. The molecule has 9 heteroatoms. The molecule has 2 aromatic rings. The standard InChI is InChI=1S/C22H32N4O3S2/c1-5-20-23-16(4)21(30-20)22(27)24-18-15-17(11-12-19(18)25(6-2)7-3)31(28,29)26-13-9-8-10-14-26/h11-12,15H,5-10,13-14H2,1-4H3,(H,24,27). The molecule has 1 aliphatic heterocycles. The molecule has 7 nitrogen and oxygen atoms in total. The molecule has 1 N–H and O–H groups in total. The molecule has 1 aromatic heterocycles. The van der Waals surface area contributed by atoms with Crippen molar-refractivity contribution in [1.29, 1.82) is 0 Å². The third kappa shape index (κ3) is 5.10. The number of carbonyl (C=O) groups is 1. The number of aromatic nitrogens is 1. The van der Waals surface area contributed by atoms with Crippen LogP contribution < -0.4 is 10.2 Å². The van der Waals surface area contributed by atoms with Gasteiger partial charge in [0.15, 0.2) is 0 Å². The van der Waals surface area contributed by atoms with E-state index in [1.54, 1.807) is 22.5 Å². The Hall–Kier alpha value is -1.97. The lowest BCUT2D eigenvalue weighted by molar-refractivity contribution is 0.102. The maximum absolute atomic E-state index is 13.2. The fourth-order valence-electron chi connectivity index (χ4n) is 3.86. The minimum absolute atomic E-state index is 0.218. The van der Waals surface area contributed by atoms with Crippen LogP contribution in [0.1, 0.15) is 60.4 Å². The van der Waals surface area contributed by atoms with E-state index in [9.17, 15) is 13.2 Å². The van der Waals surface area contributed by atoms with E-state index in [2.05, 4.69) is 15.2 Å². The molecule has 0 spiro atoms. The summed E-state index contributed by atoms with van der Waals surface area (Å²) in [5.74, 6) is -0.254. The molecule has 1 amide bonds. The number of sulfonamides is 1. The largest absolute Gasteiger partial charge is 0.370 e. The predicted molar refractivity (Wildman–Crippen MR) is 127 cm³/mol. The van der Waals surface area contributed by atoms with Crippen LogP contribution in [-0.4, -0.2) is 49.8 Å². The van der Waals surface area contributed by atoms with Crippen molar-refractivity contribution in [2.45, 2.75) is 58.3 Å². The van der Waals surface area contributed by atoms with E-state index in [-0.39, 0.29) is 10.8 Å². The van der Waals surface area contributed by atoms with E-state index < -0.39 is 10.0 Å². The predicted octanol–water partition coefficient (Wildman–Crippen LogP) is 4.29. The van der Waals surface area contributed by atoms with Crippen LogP contribution in [0.3, 0.4) is 0 Å². The van der Waals surface area contributed by atoms with Gasteiger partial charge in [0.2, 0.25) is 10.0 Å². The molecule has 1 aliphatic rings. The zero-order valence-corrected chi connectivity index (χ0v) is 20.4. The summed E-state index contributed by atoms with van der Waals surface area (Å²) >= 11 is 1.38. The van der Waals surface area contributed by atoms with Crippen molar-refractivity contribution in [1.82, 2.24) is 9.29 Å². The van der Waals surface area contributed by atoms with Gasteiger partial charge in [0.1, 0.15) is 4.88 Å². The van der Waals surface area contributed by atoms with Gasteiger partial charge in [-0.25, -0.2) is 13.4 Å². The second-order valence-corrected chi connectivity index (χ2v) is 10.7. The van der Waals surface area contributed by atoms with Crippen LogP contribution in [0.15, 0.2) is 23.1 Å². The molecule has 0 unspecified atom stereocenters. The molecule has 3 rings (SSSR count). The molecule has 1 fully saturated rings. The highest BCUT2D eigenvalue weighted by molar-refractivity contribution is 7.89. The average Bonchev–Trinajstić information content (AvgIpc) is 3.17. The minimum Gasteiger partial charge on any atom is -0.370 e. The summed E-state index contributed by atoms with van der Waals surface area (Å²) in [6.45, 7) is 10.5. The molecule has 170 valence electrons. The highest BCUT2D eigenvalue weighted by Crippen LogP contribution is 2.32. The van der Waals surface area contributed by atoms with E-state index in [1.165, 1.54) is 11.3 Å². The number of hydrogen-bond donors (Lipinski definition) is 1. The fourth-order valence-corrected chi connectivity index (χ4v) is 6.31. The van der Waals surface area contributed by atoms with E-state index >= 15 is 0 Å². The van der Waals surface area contributed by atoms with Gasteiger partial charge in [-0.15, -0.1) is 11.3 Å². The molecule has 0 aliphatic carbocycles. The van der Waals surface area contributed by atoms with Gasteiger partial charge in [-0.1, -0.05) is 13.3 Å². The fraction of sp³-hybridized carbons (Fsp3) is 0.545. The van der Waals surface area contributed by atoms with Gasteiger partial charge in [-0.05, 0) is 58.2 Å². The van der Waals surface area contributed by atoms with Crippen molar-refractivity contribution in [2.24, 2.45) is 0 Å². The Balaban J connectivity index is 1.99. The van der Waals surface area contributed by atoms with Crippen LogP contribution in [0, 0.1) is 6.92 Å². The molecule has 31 heavy (non-hydrogen) atoms. The molecule has 1 aromatic carbocycles. The van der Waals surface area contributed by atoms with E-state index in [1.807, 2.05) is 27.7 Å². The highest BCUT2D eigenvalue weighted by Gasteiger charge is 2.27. The Labute approximate surface area is 189 Å². The van der Waals surface area contributed by atoms with Crippen LogP contribution >= 0.6 is 11.3 Å². The summed E-state index contributed by atoms with van der Waals surface area (Å²) in [6.07, 6.45) is 3.59. The second kappa shape index (κ2) is 10.1. The molecule has 0 saturated carbocycles. The van der Waals surface area contributed by atoms with Crippen LogP contribution in [0.25, 0.3) is 0 Å². The Morgan fingerprint density at radius 2 is 1.84 bits per heavy atom. The van der Waals surface area contributed by atoms with Crippen LogP contribution in [0.5, 0.6) is 0 Å². The number of thiazole rings is 1. The molecule has 0 bridgehead atoms. The number of anilines is 2. The van der Waals surface area contributed by atoms with Crippen molar-refractivity contribution in [3.05, 3.63) is 33.8 Å². The molecule has 1 saturated heterocycles. The monoisotopic (exact) mass is 464 g/mol. The SMILES string of the molecule is CCc1nc(C)c(C(=O)Nc2cc(S(=O)(=O)N3CCCCC3)ccc2N(CC)CC)s1. The average molecular weight is 465 g/mol. The van der Waals surface area contributed by atoms with Gasteiger partial charge in [0.25, 0.3) is 5.91 Å². The first-order valence-corrected chi connectivity index (χ1v) is 13.2. The van der Waals surface area contributed by atoms with Crippen molar-refractivity contribution >= 4 is 38.6 Å². The highest BCUT2D eigenvalue weighted by atomic mass is 32.2. The van der Waals surface area contributed by atoms with Crippen LogP contribution in [0.2, 0.25) is 0 Å². The number of amides is 1. The number of carbonyl (C=O) groups excluding carboxylic acids is 1. The number of hydrogen-bond acceptors (Lipinski definition) is 6. The number of rotatable bonds is 8. The zero-order chi connectivity index (χ0) is 22.6. The van der Waals surface area contributed by atoms with Crippen molar-refractivity contribution in [3.63, 3.8) is 0 Å². The second-order valence-electron chi connectivity index (χ2n) is 7.65. The third-order valence-corrected chi connectivity index (χ3v) is 8.82. The summed E-state index contributed by atoms with van der Waals surface area (Å²) in [4.78, 5) is 20.4. The summed E-state index contributed by atoms with van der Waals surface area (Å²) in [6, 6.07) is 5.06. The summed E-state index contributed by atoms with van der Waals surface area (Å²) < 4.78 is 28.0. The molecular weight excluding hydrogens is 432 g/mol. The number of aryl methyl sites for hydroxylation is 2. The number of nitrogens with one attached hydrogen (secondary N) is 1. The topological polar surface area (TPSA) is 82.6 Å². The van der Waals surface area contributed by atoms with E-state index in [0.717, 1.165) is 49.5 Å². The Morgan fingerprint density at radius 1 is 1.16 bits per heavy atom. The van der Waals surface area contributed by atoms with Gasteiger partial charge in [-0.3, -0.25) is 4.79 Å². The van der Waals surface area contributed by atoms with E-state index in [0.29, 0.717) is 29.3 Å². The summed E-state index contributed by atoms with van der Waals surface area (Å²) in [5.41, 5.74) is 2.02. The molecule has 0 atom stereocenters. The zero-order valence-electron chi connectivity index (χ0n) is 18.8. The smallest absolute Gasteiger partial charge is 0.267 e. The van der Waals surface area contributed by atoms with Gasteiger partial charge in [0, 0.05) is 26.2 Å². The number of nitrogens with zero attached hydrogens (tertiary/aromatic N) is 3. The Kier molecular flexibility index (Phi) is 7.72. The van der Waals surface area contributed by atoms with Crippen molar-refractivity contribution in [3.8, 4) is 0 Å². The maximum atomic E-state index is 13.2. The normalized spacial score (nSPS) is 15.1. The minimum atomic E-state index is -3.60. The van der Waals surface area contributed by atoms with Crippen LogP contribution in [-0.2, 0) is 16.4 Å². The quantitative estimate of drug-likeness (QED) is 0.630. The lowest BCUT2D eigenvalue weighted by Gasteiger charge is -2.28. The lowest BCUT2D eigenvalue weighted by Crippen LogP contribution is -2.35. The first kappa shape index (κ1) is 23.7. The van der Waals surface area contributed by atoms with Gasteiger partial charge in [-0.2, -0.15) is 4.31 Å². The Morgan fingerprint density at radius 3 is 2.42 bits per heavy atom. The molecule has 0 radical (unpaired) electrons. The van der Waals surface area contributed by atoms with E-state index in [4.69, 9.17) is 0 Å². The number of benzene rings is 1. The lowest BCUT2D eigenvalue weighted by atomic mass is 10.2. The Bertz CT molecular complexity index is 1020. The van der Waals surface area contributed by atoms with Crippen molar-refractivity contribution in [2.75, 3.05) is 36.4 Å². The van der Waals surface area contributed by atoms with Gasteiger partial charge < -0.3 is 10.2 Å². The first-order valence-electron chi connectivity index (χ1n) is 11.0.